The highest BCUT2D eigenvalue weighted by atomic mass is 16.5. The van der Waals surface area contributed by atoms with E-state index in [-0.39, 0.29) is 5.78 Å². The maximum atomic E-state index is 11.0. The number of hydrogen-bond acceptors (Lipinski definition) is 3. The summed E-state index contributed by atoms with van der Waals surface area (Å²) in [6.07, 6.45) is 8.73. The van der Waals surface area contributed by atoms with E-state index >= 15 is 0 Å². The van der Waals surface area contributed by atoms with Crippen molar-refractivity contribution < 1.29 is 9.53 Å². The van der Waals surface area contributed by atoms with Gasteiger partial charge in [0.05, 0.1) is 12.9 Å². The fourth-order valence-corrected chi connectivity index (χ4v) is 4.90. The Morgan fingerprint density at radius 2 is 2.31 bits per heavy atom. The quantitative estimate of drug-likeness (QED) is 0.631. The molecule has 4 nitrogen and oxygen atoms in total. The van der Waals surface area contributed by atoms with E-state index in [4.69, 9.17) is 4.74 Å². The number of aromatic amines is 1. The van der Waals surface area contributed by atoms with Crippen molar-refractivity contribution >= 4 is 16.7 Å². The van der Waals surface area contributed by atoms with Gasteiger partial charge in [-0.3, -0.25) is 9.69 Å². The highest BCUT2D eigenvalue weighted by Crippen LogP contribution is 2.44. The van der Waals surface area contributed by atoms with Crippen molar-refractivity contribution in [1.29, 1.82) is 0 Å². The second-order valence-corrected chi connectivity index (χ2v) is 7.81. The maximum Gasteiger partial charge on any atom is 0.155 e. The molecule has 0 radical (unpaired) electrons. The van der Waals surface area contributed by atoms with Gasteiger partial charge in [-0.05, 0) is 49.9 Å². The summed E-state index contributed by atoms with van der Waals surface area (Å²) in [6, 6.07) is 7.27. The molecule has 1 aromatic carbocycles. The van der Waals surface area contributed by atoms with Gasteiger partial charge in [0.15, 0.2) is 5.78 Å². The standard InChI is InChI=1S/C22H28N2O2/c1-3-8-24-13-16(14-26-9-7-15(2)25)10-19-18-5-4-6-20-22(18)17(12-23-20)11-21(19)24/h4-7,9,12,16,19,21,23H,3,8,10-11,13-14H2,1-2H3/t16-,19-,21-/m1/s1. The Hall–Kier alpha value is -2.07. The second-order valence-electron chi connectivity index (χ2n) is 7.81. The monoisotopic (exact) mass is 352 g/mol. The molecule has 0 unspecified atom stereocenters. The zero-order chi connectivity index (χ0) is 18.1. The molecule has 0 spiro atoms. The van der Waals surface area contributed by atoms with Crippen molar-refractivity contribution in [1.82, 2.24) is 9.88 Å². The molecular weight excluding hydrogens is 324 g/mol. The average molecular weight is 352 g/mol. The molecule has 1 N–H and O–H groups in total. The van der Waals surface area contributed by atoms with Crippen molar-refractivity contribution in [2.24, 2.45) is 5.92 Å². The highest BCUT2D eigenvalue weighted by molar-refractivity contribution is 5.88. The molecule has 2 aromatic rings. The molecule has 2 aliphatic rings. The van der Waals surface area contributed by atoms with Crippen LogP contribution in [0.2, 0.25) is 0 Å². The van der Waals surface area contributed by atoms with E-state index in [0.717, 1.165) is 25.9 Å². The molecule has 138 valence electrons. The summed E-state index contributed by atoms with van der Waals surface area (Å²) in [7, 11) is 0. The number of likely N-dealkylation sites (tertiary alicyclic amines) is 1. The van der Waals surface area contributed by atoms with Crippen LogP contribution in [-0.4, -0.2) is 41.4 Å². The van der Waals surface area contributed by atoms with Crippen molar-refractivity contribution in [3.63, 3.8) is 0 Å². The van der Waals surface area contributed by atoms with Gasteiger partial charge < -0.3 is 9.72 Å². The zero-order valence-electron chi connectivity index (χ0n) is 15.7. The average Bonchev–Trinajstić information content (AvgIpc) is 3.04. The van der Waals surface area contributed by atoms with Gasteiger partial charge in [0.2, 0.25) is 0 Å². The van der Waals surface area contributed by atoms with Gasteiger partial charge in [-0.2, -0.15) is 0 Å². The third kappa shape index (κ3) is 3.18. The summed E-state index contributed by atoms with van der Waals surface area (Å²) >= 11 is 0. The number of benzene rings is 1. The molecule has 0 saturated carbocycles. The van der Waals surface area contributed by atoms with Crippen molar-refractivity contribution in [3.8, 4) is 0 Å². The molecule has 1 aromatic heterocycles. The number of nitrogens with zero attached hydrogens (tertiary/aromatic N) is 1. The van der Waals surface area contributed by atoms with Gasteiger partial charge in [-0.25, -0.2) is 0 Å². The van der Waals surface area contributed by atoms with Crippen molar-refractivity contribution in [3.05, 3.63) is 47.9 Å². The van der Waals surface area contributed by atoms with Crippen LogP contribution in [0.25, 0.3) is 10.9 Å². The van der Waals surface area contributed by atoms with E-state index in [9.17, 15) is 4.79 Å². The normalized spacial score (nSPS) is 25.5. The van der Waals surface area contributed by atoms with Gasteiger partial charge in [0, 0.05) is 47.6 Å². The Morgan fingerprint density at radius 1 is 1.42 bits per heavy atom. The summed E-state index contributed by atoms with van der Waals surface area (Å²) in [5.74, 6) is 1.09. The van der Waals surface area contributed by atoms with E-state index in [2.05, 4.69) is 41.2 Å². The van der Waals surface area contributed by atoms with E-state index in [1.54, 1.807) is 13.2 Å². The van der Waals surface area contributed by atoms with E-state index < -0.39 is 0 Å². The third-order valence-electron chi connectivity index (χ3n) is 5.90. The van der Waals surface area contributed by atoms with Crippen LogP contribution in [-0.2, 0) is 16.0 Å². The maximum absolute atomic E-state index is 11.0. The lowest BCUT2D eigenvalue weighted by molar-refractivity contribution is -0.112. The topological polar surface area (TPSA) is 45.3 Å². The third-order valence-corrected chi connectivity index (χ3v) is 5.90. The van der Waals surface area contributed by atoms with Crippen molar-refractivity contribution in [2.75, 3.05) is 19.7 Å². The number of allylic oxidation sites excluding steroid dienone is 1. The van der Waals surface area contributed by atoms with Crippen LogP contribution < -0.4 is 0 Å². The Morgan fingerprint density at radius 3 is 3.12 bits per heavy atom. The molecule has 1 fully saturated rings. The smallest absolute Gasteiger partial charge is 0.155 e. The summed E-state index contributed by atoms with van der Waals surface area (Å²) in [6.45, 7) is 6.71. The predicted molar refractivity (Wildman–Crippen MR) is 104 cm³/mol. The molecule has 1 saturated heterocycles. The number of piperidine rings is 1. The van der Waals surface area contributed by atoms with E-state index in [0.29, 0.717) is 24.5 Å². The Labute approximate surface area is 155 Å². The number of nitrogens with one attached hydrogen (secondary N) is 1. The van der Waals surface area contributed by atoms with Crippen molar-refractivity contribution in [2.45, 2.75) is 45.1 Å². The Bertz CT molecular complexity index is 823. The molecule has 26 heavy (non-hydrogen) atoms. The number of H-pyrrole nitrogens is 1. The Kier molecular flexibility index (Phi) is 4.86. The summed E-state index contributed by atoms with van der Waals surface area (Å²) in [5.41, 5.74) is 4.23. The van der Waals surface area contributed by atoms with Crippen LogP contribution in [0.1, 0.15) is 43.7 Å². The van der Waals surface area contributed by atoms with Gasteiger partial charge >= 0.3 is 0 Å². The predicted octanol–water partition coefficient (Wildman–Crippen LogP) is 4.03. The van der Waals surface area contributed by atoms with Crippen LogP contribution in [0, 0.1) is 5.92 Å². The lowest BCUT2D eigenvalue weighted by Gasteiger charge is -2.47. The van der Waals surface area contributed by atoms with E-state index in [1.807, 2.05) is 0 Å². The van der Waals surface area contributed by atoms with Crippen LogP contribution in [0.5, 0.6) is 0 Å². The number of fused-ring (bicyclic) bond motifs is 2. The molecule has 0 bridgehead atoms. The first kappa shape index (κ1) is 17.3. The number of ether oxygens (including phenoxy) is 1. The van der Waals surface area contributed by atoms with Gasteiger partial charge in [-0.15, -0.1) is 0 Å². The molecule has 1 aliphatic carbocycles. The molecular formula is C22H28N2O2. The number of carbonyl (C=O) groups excluding carboxylic acids is 1. The lowest BCUT2D eigenvalue weighted by Crippen LogP contribution is -2.50. The highest BCUT2D eigenvalue weighted by Gasteiger charge is 2.40. The number of carbonyl (C=O) groups is 1. The Balaban J connectivity index is 1.58. The zero-order valence-corrected chi connectivity index (χ0v) is 15.7. The molecule has 3 atom stereocenters. The van der Waals surface area contributed by atoms with Crippen LogP contribution in [0.4, 0.5) is 0 Å². The minimum atomic E-state index is 0.0280. The largest absolute Gasteiger partial charge is 0.501 e. The fraction of sp³-hybridized carbons (Fsp3) is 0.500. The number of aromatic nitrogens is 1. The SMILES string of the molecule is CCCN1C[C@H](COC=CC(C)=O)C[C@@H]2c3cccc4[nH]cc(c34)C[C@H]21. The van der Waals surface area contributed by atoms with Gasteiger partial charge in [0.25, 0.3) is 0 Å². The minimum absolute atomic E-state index is 0.0280. The first-order chi connectivity index (χ1) is 12.7. The van der Waals surface area contributed by atoms with Gasteiger partial charge in [0.1, 0.15) is 0 Å². The first-order valence-electron chi connectivity index (χ1n) is 9.79. The minimum Gasteiger partial charge on any atom is -0.501 e. The summed E-state index contributed by atoms with van der Waals surface area (Å²) in [4.78, 5) is 17.2. The first-order valence-corrected chi connectivity index (χ1v) is 9.79. The fourth-order valence-electron chi connectivity index (χ4n) is 4.90. The molecule has 4 heteroatoms. The van der Waals surface area contributed by atoms with Crippen LogP contribution in [0.3, 0.4) is 0 Å². The molecule has 0 amide bonds. The van der Waals surface area contributed by atoms with Gasteiger partial charge in [-0.1, -0.05) is 19.1 Å². The van der Waals surface area contributed by atoms with E-state index in [1.165, 1.54) is 34.5 Å². The molecule has 4 rings (SSSR count). The number of hydrogen-bond donors (Lipinski definition) is 1. The second kappa shape index (κ2) is 7.28. The molecule has 2 heterocycles. The van der Waals surface area contributed by atoms with Crippen LogP contribution >= 0.6 is 0 Å². The number of rotatable bonds is 6. The lowest BCUT2D eigenvalue weighted by atomic mass is 9.72. The summed E-state index contributed by atoms with van der Waals surface area (Å²) < 4.78 is 5.68. The van der Waals surface area contributed by atoms with Crippen LogP contribution in [0.15, 0.2) is 36.7 Å². The summed E-state index contributed by atoms with van der Waals surface area (Å²) in [5, 5.41) is 1.45. The molecule has 1 aliphatic heterocycles. The number of ketones is 1.